The van der Waals surface area contributed by atoms with Gasteiger partial charge in [-0.3, -0.25) is 4.79 Å². The monoisotopic (exact) mass is 281 g/mol. The van der Waals surface area contributed by atoms with E-state index in [0.717, 1.165) is 29.7 Å². The van der Waals surface area contributed by atoms with Gasteiger partial charge in [0.05, 0.1) is 0 Å². The number of carbonyl (C=O) groups is 1. The molecule has 0 saturated heterocycles. The molecule has 4 nitrogen and oxygen atoms in total. The van der Waals surface area contributed by atoms with Crippen molar-refractivity contribution in [3.63, 3.8) is 0 Å². The lowest BCUT2D eigenvalue weighted by atomic mass is 10.2. The largest absolute Gasteiger partial charge is 0.399 e. The summed E-state index contributed by atoms with van der Waals surface area (Å²) in [6, 6.07) is 7.73. The second-order valence-electron chi connectivity index (χ2n) is 4.33. The number of nitrogen functional groups attached to an aromatic ring is 1. The Morgan fingerprint density at radius 3 is 2.58 bits per heavy atom. The zero-order valence-electron chi connectivity index (χ0n) is 11.3. The number of nitrogens with two attached hydrogens (primary N) is 1. The Balaban J connectivity index is 0.00000180. The van der Waals surface area contributed by atoms with Gasteiger partial charge in [0.2, 0.25) is 5.91 Å². The predicted octanol–water partition coefficient (Wildman–Crippen LogP) is 2.51. The Labute approximate surface area is 119 Å². The maximum Gasteiger partial charge on any atom is 0.242 e. The fourth-order valence-electron chi connectivity index (χ4n) is 2.18. The van der Waals surface area contributed by atoms with E-state index in [2.05, 4.69) is 0 Å². The number of anilines is 1. The van der Waals surface area contributed by atoms with Gasteiger partial charge in [-0.1, -0.05) is 0 Å². The molecule has 104 valence electrons. The fourth-order valence-corrected chi connectivity index (χ4v) is 2.18. The summed E-state index contributed by atoms with van der Waals surface area (Å²) in [7, 11) is 0. The van der Waals surface area contributed by atoms with Crippen LogP contribution in [0.5, 0.6) is 0 Å². The first kappa shape index (κ1) is 15.4. The van der Waals surface area contributed by atoms with Gasteiger partial charge in [-0.2, -0.15) is 0 Å². The Morgan fingerprint density at radius 2 is 1.95 bits per heavy atom. The summed E-state index contributed by atoms with van der Waals surface area (Å²) < 4.78 is 1.97. The van der Waals surface area contributed by atoms with Gasteiger partial charge in [-0.15, -0.1) is 12.4 Å². The van der Waals surface area contributed by atoms with Gasteiger partial charge < -0.3 is 15.2 Å². The smallest absolute Gasteiger partial charge is 0.242 e. The van der Waals surface area contributed by atoms with Crippen LogP contribution in [0.25, 0.3) is 10.9 Å². The van der Waals surface area contributed by atoms with Crippen molar-refractivity contribution >= 4 is 34.9 Å². The molecule has 0 radical (unpaired) electrons. The molecule has 19 heavy (non-hydrogen) atoms. The highest BCUT2D eigenvalue weighted by Gasteiger charge is 2.11. The molecular weight excluding hydrogens is 262 g/mol. The highest BCUT2D eigenvalue weighted by Crippen LogP contribution is 2.18. The average Bonchev–Trinajstić information content (AvgIpc) is 2.73. The van der Waals surface area contributed by atoms with Gasteiger partial charge in [0.25, 0.3) is 0 Å². The Hall–Kier alpha value is -1.68. The van der Waals surface area contributed by atoms with Crippen molar-refractivity contribution in [1.82, 2.24) is 9.47 Å². The minimum atomic E-state index is 0. The number of fused-ring (bicyclic) bond motifs is 1. The highest BCUT2D eigenvalue weighted by molar-refractivity contribution is 5.86. The zero-order chi connectivity index (χ0) is 13.1. The zero-order valence-corrected chi connectivity index (χ0v) is 12.1. The van der Waals surface area contributed by atoms with Gasteiger partial charge in [-0.25, -0.2) is 0 Å². The van der Waals surface area contributed by atoms with Crippen LogP contribution < -0.4 is 5.73 Å². The van der Waals surface area contributed by atoms with E-state index in [0.29, 0.717) is 6.54 Å². The van der Waals surface area contributed by atoms with E-state index < -0.39 is 0 Å². The molecule has 0 atom stereocenters. The Morgan fingerprint density at radius 1 is 1.26 bits per heavy atom. The van der Waals surface area contributed by atoms with Crippen molar-refractivity contribution < 1.29 is 4.79 Å². The van der Waals surface area contributed by atoms with Crippen molar-refractivity contribution in [1.29, 1.82) is 0 Å². The van der Waals surface area contributed by atoms with Crippen molar-refractivity contribution in [3.05, 3.63) is 30.5 Å². The number of halogens is 1. The number of amides is 1. The quantitative estimate of drug-likeness (QED) is 0.876. The van der Waals surface area contributed by atoms with Crippen molar-refractivity contribution in [3.8, 4) is 0 Å². The molecule has 5 heteroatoms. The Kier molecular flexibility index (Phi) is 5.24. The van der Waals surface area contributed by atoms with Crippen molar-refractivity contribution in [2.45, 2.75) is 20.4 Å². The molecule has 0 aliphatic rings. The fraction of sp³-hybridized carbons (Fsp3) is 0.357. The van der Waals surface area contributed by atoms with Gasteiger partial charge in [0.15, 0.2) is 0 Å². The van der Waals surface area contributed by atoms with Crippen LogP contribution in [0.4, 0.5) is 5.69 Å². The van der Waals surface area contributed by atoms with Crippen LogP contribution in [-0.2, 0) is 11.3 Å². The maximum atomic E-state index is 12.1. The molecule has 0 spiro atoms. The van der Waals surface area contributed by atoms with E-state index in [9.17, 15) is 4.79 Å². The van der Waals surface area contributed by atoms with E-state index in [1.165, 1.54) is 0 Å². The van der Waals surface area contributed by atoms with Crippen LogP contribution in [0.15, 0.2) is 30.5 Å². The molecule has 0 aliphatic heterocycles. The van der Waals surface area contributed by atoms with Gasteiger partial charge in [0, 0.05) is 35.9 Å². The van der Waals surface area contributed by atoms with Crippen molar-refractivity contribution in [2.24, 2.45) is 0 Å². The molecule has 1 heterocycles. The summed E-state index contributed by atoms with van der Waals surface area (Å²) in [6.07, 6.45) is 1.94. The molecule has 1 aromatic heterocycles. The summed E-state index contributed by atoms with van der Waals surface area (Å²) in [5, 5.41) is 1.07. The lowest BCUT2D eigenvalue weighted by molar-refractivity contribution is -0.131. The number of rotatable bonds is 4. The topological polar surface area (TPSA) is 51.3 Å². The van der Waals surface area contributed by atoms with Crippen LogP contribution in [-0.4, -0.2) is 28.5 Å². The summed E-state index contributed by atoms with van der Waals surface area (Å²) in [5.41, 5.74) is 7.53. The second kappa shape index (κ2) is 6.48. The van der Waals surface area contributed by atoms with Crippen LogP contribution in [0.3, 0.4) is 0 Å². The third-order valence-corrected chi connectivity index (χ3v) is 3.22. The van der Waals surface area contributed by atoms with Gasteiger partial charge in [0.1, 0.15) is 6.54 Å². The molecule has 2 rings (SSSR count). The van der Waals surface area contributed by atoms with Crippen molar-refractivity contribution in [2.75, 3.05) is 18.8 Å². The molecule has 0 fully saturated rings. The molecule has 0 bridgehead atoms. The number of carbonyl (C=O) groups excluding carboxylic acids is 1. The molecule has 0 unspecified atom stereocenters. The van der Waals surface area contributed by atoms with E-state index in [4.69, 9.17) is 5.73 Å². The minimum Gasteiger partial charge on any atom is -0.399 e. The van der Waals surface area contributed by atoms with E-state index in [1.807, 2.05) is 53.8 Å². The minimum absolute atomic E-state index is 0. The van der Waals surface area contributed by atoms with Crippen LogP contribution in [0.2, 0.25) is 0 Å². The average molecular weight is 282 g/mol. The van der Waals surface area contributed by atoms with Gasteiger partial charge >= 0.3 is 0 Å². The lowest BCUT2D eigenvalue weighted by Crippen LogP contribution is -2.33. The number of nitrogens with zero attached hydrogens (tertiary/aromatic N) is 2. The maximum absolute atomic E-state index is 12.1. The van der Waals surface area contributed by atoms with E-state index in [-0.39, 0.29) is 18.3 Å². The van der Waals surface area contributed by atoms with E-state index >= 15 is 0 Å². The molecule has 1 aromatic carbocycles. The molecule has 0 saturated carbocycles. The SMILES string of the molecule is CCN(CC)C(=O)Cn1ccc2cc(N)ccc21.Cl. The molecule has 0 aliphatic carbocycles. The summed E-state index contributed by atoms with van der Waals surface area (Å²) >= 11 is 0. The third-order valence-electron chi connectivity index (χ3n) is 3.22. The normalized spacial score (nSPS) is 10.2. The van der Waals surface area contributed by atoms with E-state index in [1.54, 1.807) is 0 Å². The number of likely N-dealkylation sites (N-methyl/N-ethyl adjacent to an activating group) is 1. The summed E-state index contributed by atoms with van der Waals surface area (Å²) in [6.45, 7) is 5.88. The first-order valence-electron chi connectivity index (χ1n) is 6.27. The molecule has 2 N–H and O–H groups in total. The molecule has 1 amide bonds. The van der Waals surface area contributed by atoms with Crippen LogP contribution in [0.1, 0.15) is 13.8 Å². The van der Waals surface area contributed by atoms with Gasteiger partial charge in [-0.05, 0) is 38.1 Å². The summed E-state index contributed by atoms with van der Waals surface area (Å²) in [4.78, 5) is 13.9. The number of hydrogen-bond donors (Lipinski definition) is 1. The highest BCUT2D eigenvalue weighted by atomic mass is 35.5. The molecule has 2 aromatic rings. The Bertz CT molecular complexity index is 561. The third kappa shape index (κ3) is 3.20. The number of aromatic nitrogens is 1. The summed E-state index contributed by atoms with van der Waals surface area (Å²) in [5.74, 6) is 0.148. The molecular formula is C14H20ClN3O. The second-order valence-corrected chi connectivity index (χ2v) is 4.33. The standard InChI is InChI=1S/C14H19N3O.ClH/c1-3-16(4-2)14(18)10-17-8-7-11-9-12(15)5-6-13(11)17;/h5-9H,3-4,10,15H2,1-2H3;1H. The lowest BCUT2D eigenvalue weighted by Gasteiger charge is -2.19. The predicted molar refractivity (Wildman–Crippen MR) is 81.5 cm³/mol. The first-order chi connectivity index (χ1) is 8.65. The van der Waals surface area contributed by atoms with Crippen LogP contribution in [0, 0.1) is 0 Å². The first-order valence-corrected chi connectivity index (χ1v) is 6.27. The number of hydrogen-bond acceptors (Lipinski definition) is 2. The number of benzene rings is 1. The van der Waals surface area contributed by atoms with Crippen LogP contribution >= 0.6 is 12.4 Å².